The Bertz CT molecular complexity index is 636. The summed E-state index contributed by atoms with van der Waals surface area (Å²) in [4.78, 5) is 10.7. The van der Waals surface area contributed by atoms with Crippen LogP contribution >= 0.6 is 22.9 Å². The summed E-state index contributed by atoms with van der Waals surface area (Å²) in [5.41, 5.74) is 0. The van der Waals surface area contributed by atoms with Crippen LogP contribution in [0.3, 0.4) is 0 Å². The SMILES string of the molecule is CCc1cc2c(OC3CC(C)OC(C)C3)nc(Cl)nc2s1. The molecule has 2 atom stereocenters. The van der Waals surface area contributed by atoms with Crippen LogP contribution in [0.15, 0.2) is 6.07 Å². The summed E-state index contributed by atoms with van der Waals surface area (Å²) in [6.45, 7) is 6.28. The number of ether oxygens (including phenoxy) is 2. The van der Waals surface area contributed by atoms with Gasteiger partial charge in [-0.1, -0.05) is 6.92 Å². The van der Waals surface area contributed by atoms with Crippen LogP contribution in [0.1, 0.15) is 38.5 Å². The quantitative estimate of drug-likeness (QED) is 0.791. The molecule has 4 nitrogen and oxygen atoms in total. The molecule has 0 aliphatic carbocycles. The van der Waals surface area contributed by atoms with Crippen LogP contribution in [-0.2, 0) is 11.2 Å². The van der Waals surface area contributed by atoms with Crippen molar-refractivity contribution in [3.63, 3.8) is 0 Å². The van der Waals surface area contributed by atoms with Crippen LogP contribution in [0.2, 0.25) is 5.28 Å². The standard InChI is InChI=1S/C15H19ClN2O2S/c1-4-11-7-12-13(17-15(16)18-14(12)21-11)20-10-5-8(2)19-9(3)6-10/h7-10H,4-6H2,1-3H3. The topological polar surface area (TPSA) is 44.2 Å². The molecular formula is C15H19ClN2O2S. The summed E-state index contributed by atoms with van der Waals surface area (Å²) in [6, 6.07) is 2.11. The van der Waals surface area contributed by atoms with E-state index >= 15 is 0 Å². The summed E-state index contributed by atoms with van der Waals surface area (Å²) in [5.74, 6) is 0.604. The van der Waals surface area contributed by atoms with Crippen molar-refractivity contribution in [2.45, 2.75) is 58.3 Å². The van der Waals surface area contributed by atoms with Gasteiger partial charge in [-0.3, -0.25) is 0 Å². The first-order valence-electron chi connectivity index (χ1n) is 7.33. The van der Waals surface area contributed by atoms with Crippen molar-refractivity contribution < 1.29 is 9.47 Å². The molecule has 1 aliphatic heterocycles. The highest BCUT2D eigenvalue weighted by molar-refractivity contribution is 7.18. The predicted octanol–water partition coefficient (Wildman–Crippen LogP) is 4.24. The zero-order valence-corrected chi connectivity index (χ0v) is 14.0. The molecular weight excluding hydrogens is 308 g/mol. The lowest BCUT2D eigenvalue weighted by atomic mass is 10.0. The van der Waals surface area contributed by atoms with Gasteiger partial charge in [-0.05, 0) is 37.9 Å². The van der Waals surface area contributed by atoms with Crippen molar-refractivity contribution in [3.05, 3.63) is 16.2 Å². The maximum atomic E-state index is 6.14. The van der Waals surface area contributed by atoms with Gasteiger partial charge >= 0.3 is 0 Å². The third kappa shape index (κ3) is 3.30. The van der Waals surface area contributed by atoms with Gasteiger partial charge in [0, 0.05) is 17.7 Å². The Kier molecular flexibility index (Phi) is 4.33. The average molecular weight is 327 g/mol. The molecule has 2 unspecified atom stereocenters. The molecule has 0 radical (unpaired) electrons. The first-order valence-corrected chi connectivity index (χ1v) is 8.52. The van der Waals surface area contributed by atoms with E-state index in [9.17, 15) is 0 Å². The fourth-order valence-corrected chi connectivity index (χ4v) is 3.95. The summed E-state index contributed by atoms with van der Waals surface area (Å²) in [5, 5.41) is 1.21. The summed E-state index contributed by atoms with van der Waals surface area (Å²) >= 11 is 7.68. The maximum absolute atomic E-state index is 6.14. The molecule has 21 heavy (non-hydrogen) atoms. The van der Waals surface area contributed by atoms with E-state index in [2.05, 4.69) is 36.8 Å². The van der Waals surface area contributed by atoms with E-state index in [1.807, 2.05) is 0 Å². The van der Waals surface area contributed by atoms with E-state index in [1.165, 1.54) is 4.88 Å². The minimum atomic E-state index is 0.114. The van der Waals surface area contributed by atoms with Gasteiger partial charge in [0.1, 0.15) is 10.9 Å². The number of thiophene rings is 1. The largest absolute Gasteiger partial charge is 0.474 e. The monoisotopic (exact) mass is 326 g/mol. The van der Waals surface area contributed by atoms with Gasteiger partial charge in [0.15, 0.2) is 0 Å². The number of aryl methyl sites for hydroxylation is 1. The zero-order valence-electron chi connectivity index (χ0n) is 12.4. The first-order chi connectivity index (χ1) is 10.0. The minimum absolute atomic E-state index is 0.114. The summed E-state index contributed by atoms with van der Waals surface area (Å²) < 4.78 is 11.9. The highest BCUT2D eigenvalue weighted by Gasteiger charge is 2.27. The molecule has 0 spiro atoms. The smallest absolute Gasteiger partial charge is 0.227 e. The van der Waals surface area contributed by atoms with Crippen molar-refractivity contribution in [1.82, 2.24) is 9.97 Å². The van der Waals surface area contributed by atoms with E-state index in [4.69, 9.17) is 21.1 Å². The highest BCUT2D eigenvalue weighted by atomic mass is 35.5. The second-order valence-corrected chi connectivity index (χ2v) is 7.00. The van der Waals surface area contributed by atoms with Gasteiger partial charge in [-0.25, -0.2) is 4.98 Å². The molecule has 1 saturated heterocycles. The number of nitrogens with zero attached hydrogens (tertiary/aromatic N) is 2. The molecule has 0 bridgehead atoms. The number of aromatic nitrogens is 2. The van der Waals surface area contributed by atoms with Crippen molar-refractivity contribution in [2.24, 2.45) is 0 Å². The first kappa shape index (κ1) is 15.0. The van der Waals surface area contributed by atoms with Crippen molar-refractivity contribution in [1.29, 1.82) is 0 Å². The summed E-state index contributed by atoms with van der Waals surface area (Å²) in [7, 11) is 0. The highest BCUT2D eigenvalue weighted by Crippen LogP contribution is 2.33. The van der Waals surface area contributed by atoms with Crippen LogP contribution in [0.5, 0.6) is 5.88 Å². The molecule has 1 fully saturated rings. The van der Waals surface area contributed by atoms with Crippen molar-refractivity contribution in [3.8, 4) is 5.88 Å². The molecule has 0 amide bonds. The number of rotatable bonds is 3. The van der Waals surface area contributed by atoms with Crippen LogP contribution in [-0.4, -0.2) is 28.3 Å². The van der Waals surface area contributed by atoms with E-state index in [1.54, 1.807) is 11.3 Å². The molecule has 2 aromatic heterocycles. The van der Waals surface area contributed by atoms with Gasteiger partial charge in [0.05, 0.1) is 17.6 Å². The fraction of sp³-hybridized carbons (Fsp3) is 0.600. The van der Waals surface area contributed by atoms with Gasteiger partial charge < -0.3 is 9.47 Å². The molecule has 3 heterocycles. The van der Waals surface area contributed by atoms with Crippen molar-refractivity contribution >= 4 is 33.2 Å². The van der Waals surface area contributed by atoms with Gasteiger partial charge in [0.2, 0.25) is 11.2 Å². The molecule has 2 aromatic rings. The van der Waals surface area contributed by atoms with Crippen molar-refractivity contribution in [2.75, 3.05) is 0 Å². The molecule has 1 aliphatic rings. The Hall–Kier alpha value is -0.910. The Labute approximate surface area is 133 Å². The number of hydrogen-bond acceptors (Lipinski definition) is 5. The number of fused-ring (bicyclic) bond motifs is 1. The van der Waals surface area contributed by atoms with Crippen LogP contribution in [0.4, 0.5) is 0 Å². The lowest BCUT2D eigenvalue weighted by Gasteiger charge is -2.32. The normalized spacial score (nSPS) is 26.2. The Morgan fingerprint density at radius 1 is 1.33 bits per heavy atom. The van der Waals surface area contributed by atoms with Crippen LogP contribution < -0.4 is 4.74 Å². The average Bonchev–Trinajstić information content (AvgIpc) is 2.80. The molecule has 0 saturated carbocycles. The van der Waals surface area contributed by atoms with Crippen LogP contribution in [0, 0.1) is 0 Å². The fourth-order valence-electron chi connectivity index (χ4n) is 2.78. The molecule has 3 rings (SSSR count). The molecule has 0 aromatic carbocycles. The van der Waals surface area contributed by atoms with E-state index in [-0.39, 0.29) is 23.6 Å². The number of hydrogen-bond donors (Lipinski definition) is 0. The van der Waals surface area contributed by atoms with Gasteiger partial charge in [-0.15, -0.1) is 11.3 Å². The van der Waals surface area contributed by atoms with Gasteiger partial charge in [0.25, 0.3) is 0 Å². The third-order valence-electron chi connectivity index (χ3n) is 3.66. The lowest BCUT2D eigenvalue weighted by Crippen LogP contribution is -2.35. The molecule has 0 N–H and O–H groups in total. The Morgan fingerprint density at radius 3 is 2.71 bits per heavy atom. The Morgan fingerprint density at radius 2 is 2.05 bits per heavy atom. The molecule has 114 valence electrons. The van der Waals surface area contributed by atoms with E-state index in [0.717, 1.165) is 29.5 Å². The van der Waals surface area contributed by atoms with E-state index < -0.39 is 0 Å². The maximum Gasteiger partial charge on any atom is 0.227 e. The number of halogens is 1. The predicted molar refractivity (Wildman–Crippen MR) is 85.5 cm³/mol. The third-order valence-corrected chi connectivity index (χ3v) is 5.00. The Balaban J connectivity index is 1.90. The van der Waals surface area contributed by atoms with Crippen LogP contribution in [0.25, 0.3) is 10.2 Å². The molecule has 6 heteroatoms. The minimum Gasteiger partial charge on any atom is -0.474 e. The second-order valence-electron chi connectivity index (χ2n) is 5.55. The second kappa shape index (κ2) is 6.07. The zero-order chi connectivity index (χ0) is 15.0. The van der Waals surface area contributed by atoms with Gasteiger partial charge in [-0.2, -0.15) is 4.98 Å². The lowest BCUT2D eigenvalue weighted by molar-refractivity contribution is -0.0726. The summed E-state index contributed by atoms with van der Waals surface area (Å²) in [6.07, 6.45) is 3.25. The van der Waals surface area contributed by atoms with E-state index in [0.29, 0.717) is 5.88 Å².